The van der Waals surface area contributed by atoms with E-state index in [0.717, 1.165) is 0 Å². The number of carbonyl (C=O) groups is 1. The molecule has 1 rings (SSSR count). The molecule has 19 heavy (non-hydrogen) atoms. The lowest BCUT2D eigenvalue weighted by Gasteiger charge is -2.42. The maximum atomic E-state index is 11.1. The quantitative estimate of drug-likeness (QED) is 0.322. The zero-order valence-electron chi connectivity index (χ0n) is 10.2. The van der Waals surface area contributed by atoms with Gasteiger partial charge < -0.3 is 34.9 Å². The van der Waals surface area contributed by atoms with Crippen molar-refractivity contribution in [3.8, 4) is 0 Å². The molecule has 1 saturated carbocycles. The summed E-state index contributed by atoms with van der Waals surface area (Å²) in [6.07, 6.45) is -3.63. The maximum Gasteiger partial charge on any atom is 0.322 e. The molecule has 1 fully saturated rings. The standard InChI is InChI=1S/C9H18NO7PS/c1-4(12)10-7-6(17-18(15,16)19)2-5(3-11)8(13)9(7)14/h5-9,11,13-14H,2-3H2,1H3,(H,10,12)(H2,15,16,19). The summed E-state index contributed by atoms with van der Waals surface area (Å²) in [5.74, 6) is -1.18. The summed E-state index contributed by atoms with van der Waals surface area (Å²) in [6.45, 7) is -3.19. The molecule has 5 atom stereocenters. The smallest absolute Gasteiger partial charge is 0.322 e. The van der Waals surface area contributed by atoms with Gasteiger partial charge >= 0.3 is 6.72 Å². The highest BCUT2D eigenvalue weighted by molar-refractivity contribution is 8.06. The van der Waals surface area contributed by atoms with Gasteiger partial charge in [-0.3, -0.25) is 4.79 Å². The summed E-state index contributed by atoms with van der Waals surface area (Å²) in [4.78, 5) is 29.4. The minimum Gasteiger partial charge on any atom is -0.396 e. The first kappa shape index (κ1) is 16.9. The van der Waals surface area contributed by atoms with E-state index in [1.54, 1.807) is 0 Å². The van der Waals surface area contributed by atoms with Crippen LogP contribution in [-0.2, 0) is 21.1 Å². The van der Waals surface area contributed by atoms with Crippen molar-refractivity contribution in [2.24, 2.45) is 5.92 Å². The van der Waals surface area contributed by atoms with Gasteiger partial charge in [-0.25, -0.2) is 0 Å². The average molecular weight is 315 g/mol. The molecule has 6 N–H and O–H groups in total. The number of aliphatic hydroxyl groups is 3. The van der Waals surface area contributed by atoms with Gasteiger partial charge in [-0.2, -0.15) is 0 Å². The van der Waals surface area contributed by atoms with E-state index in [1.807, 2.05) is 0 Å². The molecule has 0 radical (unpaired) electrons. The predicted molar refractivity (Wildman–Crippen MR) is 68.4 cm³/mol. The van der Waals surface area contributed by atoms with Crippen LogP contribution in [0.5, 0.6) is 0 Å². The molecule has 0 spiro atoms. The highest BCUT2D eigenvalue weighted by Gasteiger charge is 2.45. The normalized spacial score (nSPS) is 36.0. The second-order valence-electron chi connectivity index (χ2n) is 4.52. The van der Waals surface area contributed by atoms with Crippen molar-refractivity contribution in [1.29, 1.82) is 0 Å². The molecule has 0 heterocycles. The second kappa shape index (κ2) is 6.55. The second-order valence-corrected chi connectivity index (χ2v) is 7.14. The van der Waals surface area contributed by atoms with Crippen LogP contribution in [0.3, 0.4) is 0 Å². The van der Waals surface area contributed by atoms with Crippen molar-refractivity contribution in [3.05, 3.63) is 0 Å². The lowest BCUT2D eigenvalue weighted by molar-refractivity contribution is -0.132. The minimum atomic E-state index is -3.99. The SMILES string of the molecule is CC(=O)NC1C(OP(O)(O)=S)CC(CO)C(O)C1O. The van der Waals surface area contributed by atoms with Crippen LogP contribution in [0.4, 0.5) is 0 Å². The Labute approximate surface area is 115 Å². The largest absolute Gasteiger partial charge is 0.396 e. The summed E-state index contributed by atoms with van der Waals surface area (Å²) in [5, 5.41) is 31.2. The van der Waals surface area contributed by atoms with E-state index < -0.39 is 49.5 Å². The predicted octanol–water partition coefficient (Wildman–Crippen LogP) is -2.18. The topological polar surface area (TPSA) is 139 Å². The molecular weight excluding hydrogens is 297 g/mol. The molecule has 10 heteroatoms. The molecule has 8 nitrogen and oxygen atoms in total. The summed E-state index contributed by atoms with van der Waals surface area (Å²) in [6, 6.07) is -1.03. The highest BCUT2D eigenvalue weighted by atomic mass is 32.5. The van der Waals surface area contributed by atoms with E-state index in [0.29, 0.717) is 0 Å². The highest BCUT2D eigenvalue weighted by Crippen LogP contribution is 2.42. The van der Waals surface area contributed by atoms with Crippen LogP contribution >= 0.6 is 6.72 Å². The van der Waals surface area contributed by atoms with Crippen molar-refractivity contribution < 1.29 is 34.4 Å². The number of aliphatic hydroxyl groups excluding tert-OH is 3. The zero-order valence-corrected chi connectivity index (χ0v) is 11.9. The van der Waals surface area contributed by atoms with Gasteiger partial charge in [0.25, 0.3) is 0 Å². The third-order valence-electron chi connectivity index (χ3n) is 3.01. The van der Waals surface area contributed by atoms with Gasteiger partial charge in [0.15, 0.2) is 0 Å². The zero-order chi connectivity index (χ0) is 14.8. The first-order chi connectivity index (χ1) is 8.65. The van der Waals surface area contributed by atoms with Gasteiger partial charge in [0.05, 0.1) is 18.2 Å². The van der Waals surface area contributed by atoms with Crippen LogP contribution in [0, 0.1) is 5.92 Å². The number of rotatable bonds is 4. The van der Waals surface area contributed by atoms with Crippen LogP contribution < -0.4 is 5.32 Å². The van der Waals surface area contributed by atoms with Crippen LogP contribution in [0.2, 0.25) is 0 Å². The van der Waals surface area contributed by atoms with Gasteiger partial charge in [0.2, 0.25) is 5.91 Å². The molecule has 112 valence electrons. The van der Waals surface area contributed by atoms with Crippen LogP contribution in [0.15, 0.2) is 0 Å². The summed E-state index contributed by atoms with van der Waals surface area (Å²) >= 11 is 4.36. The van der Waals surface area contributed by atoms with Gasteiger partial charge in [-0.1, -0.05) is 0 Å². The first-order valence-electron chi connectivity index (χ1n) is 5.63. The molecule has 0 aromatic heterocycles. The Morgan fingerprint density at radius 2 is 2.00 bits per heavy atom. The Balaban J connectivity index is 2.92. The van der Waals surface area contributed by atoms with Crippen molar-refractivity contribution in [1.82, 2.24) is 5.32 Å². The Bertz CT molecular complexity index is 376. The molecule has 1 amide bonds. The molecule has 0 aromatic rings. The van der Waals surface area contributed by atoms with E-state index in [1.165, 1.54) is 6.92 Å². The number of amides is 1. The van der Waals surface area contributed by atoms with Crippen molar-refractivity contribution in [2.45, 2.75) is 37.7 Å². The fourth-order valence-corrected chi connectivity index (χ4v) is 3.08. The van der Waals surface area contributed by atoms with E-state index in [9.17, 15) is 24.8 Å². The number of carbonyl (C=O) groups excluding carboxylic acids is 1. The average Bonchev–Trinajstić information content (AvgIpc) is 2.26. The Morgan fingerprint density at radius 1 is 1.42 bits per heavy atom. The van der Waals surface area contributed by atoms with Crippen LogP contribution in [0.25, 0.3) is 0 Å². The molecule has 0 aromatic carbocycles. The van der Waals surface area contributed by atoms with Crippen LogP contribution in [-0.4, -0.2) is 62.0 Å². The molecule has 1 aliphatic carbocycles. The number of nitrogens with one attached hydrogen (secondary N) is 1. The third-order valence-corrected chi connectivity index (χ3v) is 3.82. The molecule has 0 aliphatic heterocycles. The van der Waals surface area contributed by atoms with Gasteiger partial charge in [0.1, 0.15) is 6.10 Å². The Hall–Kier alpha value is -0.120. The Kier molecular flexibility index (Phi) is 5.84. The molecule has 5 unspecified atom stereocenters. The molecule has 0 bridgehead atoms. The number of hydrogen-bond donors (Lipinski definition) is 6. The lowest BCUT2D eigenvalue weighted by atomic mass is 9.80. The van der Waals surface area contributed by atoms with E-state index in [4.69, 9.17) is 9.63 Å². The summed E-state index contributed by atoms with van der Waals surface area (Å²) in [7, 11) is 0. The number of hydrogen-bond acceptors (Lipinski definition) is 6. The fraction of sp³-hybridized carbons (Fsp3) is 0.889. The van der Waals surface area contributed by atoms with E-state index >= 15 is 0 Å². The van der Waals surface area contributed by atoms with Crippen molar-refractivity contribution in [2.75, 3.05) is 6.61 Å². The van der Waals surface area contributed by atoms with E-state index in [2.05, 4.69) is 17.1 Å². The monoisotopic (exact) mass is 315 g/mol. The van der Waals surface area contributed by atoms with Crippen molar-refractivity contribution >= 4 is 24.4 Å². The summed E-state index contributed by atoms with van der Waals surface area (Å²) in [5.41, 5.74) is 0. The van der Waals surface area contributed by atoms with Gasteiger partial charge in [-0.05, 0) is 18.2 Å². The maximum absolute atomic E-state index is 11.1. The Morgan fingerprint density at radius 3 is 2.42 bits per heavy atom. The first-order valence-corrected chi connectivity index (χ1v) is 8.26. The van der Waals surface area contributed by atoms with Gasteiger partial charge in [-0.15, -0.1) is 0 Å². The molecule has 1 aliphatic rings. The third kappa shape index (κ3) is 4.73. The fourth-order valence-electron chi connectivity index (χ4n) is 2.18. The lowest BCUT2D eigenvalue weighted by Crippen LogP contribution is -2.61. The van der Waals surface area contributed by atoms with Crippen LogP contribution in [0.1, 0.15) is 13.3 Å². The minimum absolute atomic E-state index is 0.0270. The van der Waals surface area contributed by atoms with E-state index in [-0.39, 0.29) is 6.42 Å². The van der Waals surface area contributed by atoms with Gasteiger partial charge in [0, 0.05) is 19.4 Å². The molecular formula is C9H18NO7PS. The molecule has 0 saturated heterocycles. The summed E-state index contributed by atoms with van der Waals surface area (Å²) < 4.78 is 4.88. The van der Waals surface area contributed by atoms with Crippen molar-refractivity contribution in [3.63, 3.8) is 0 Å².